The summed E-state index contributed by atoms with van der Waals surface area (Å²) in [7, 11) is 0. The molecule has 0 atom stereocenters. The Kier molecular flexibility index (Phi) is 3.79. The first-order valence-electron chi connectivity index (χ1n) is 4.37. The van der Waals surface area contributed by atoms with Gasteiger partial charge in [-0.2, -0.15) is 4.98 Å². The minimum atomic E-state index is -0.573. The number of aryl methyl sites for hydroxylation is 1. The highest BCUT2D eigenvalue weighted by Gasteiger charge is 2.22. The minimum absolute atomic E-state index is 0.0517. The Morgan fingerprint density at radius 3 is 2.73 bits per heavy atom. The first-order valence-corrected chi connectivity index (χ1v) is 4.75. The highest BCUT2D eigenvalue weighted by molar-refractivity contribution is 6.28. The molecule has 0 aliphatic carbocycles. The zero-order chi connectivity index (χ0) is 11.4. The minimum Gasteiger partial charge on any atom is -0.473 e. The lowest BCUT2D eigenvalue weighted by atomic mass is 10.4. The van der Waals surface area contributed by atoms with E-state index in [1.54, 1.807) is 0 Å². The van der Waals surface area contributed by atoms with Gasteiger partial charge in [-0.25, -0.2) is 4.98 Å². The molecule has 1 aromatic rings. The Bertz CT molecular complexity index is 384. The molecule has 1 heterocycles. The molecule has 0 bridgehead atoms. The van der Waals surface area contributed by atoms with Gasteiger partial charge >= 0.3 is 5.69 Å². The van der Waals surface area contributed by atoms with E-state index in [9.17, 15) is 10.1 Å². The maximum Gasteiger partial charge on any atom is 0.352 e. The predicted molar refractivity (Wildman–Crippen MR) is 54.2 cm³/mol. The van der Waals surface area contributed by atoms with Gasteiger partial charge < -0.3 is 4.74 Å². The summed E-state index contributed by atoms with van der Waals surface area (Å²) in [6.45, 7) is 3.74. The van der Waals surface area contributed by atoms with Crippen LogP contribution in [0.4, 0.5) is 5.69 Å². The van der Waals surface area contributed by atoms with Gasteiger partial charge in [0.2, 0.25) is 5.28 Å². The first-order chi connectivity index (χ1) is 7.06. The van der Waals surface area contributed by atoms with E-state index < -0.39 is 4.92 Å². The molecule has 0 fully saturated rings. The second-order valence-corrected chi connectivity index (χ2v) is 3.18. The maximum atomic E-state index is 10.7. The number of hydrogen-bond donors (Lipinski definition) is 0. The van der Waals surface area contributed by atoms with Crippen LogP contribution in [0.15, 0.2) is 0 Å². The molecule has 82 valence electrons. The molecule has 0 unspecified atom stereocenters. The van der Waals surface area contributed by atoms with Crippen molar-refractivity contribution >= 4 is 17.3 Å². The third-order valence-corrected chi connectivity index (χ3v) is 1.79. The SMILES string of the molecule is CCCOc1nc(Cl)nc(C)c1[N+](=O)[O-]. The molecule has 0 aromatic carbocycles. The number of halogens is 1. The second-order valence-electron chi connectivity index (χ2n) is 2.84. The van der Waals surface area contributed by atoms with Crippen molar-refractivity contribution in [2.45, 2.75) is 20.3 Å². The number of ether oxygens (including phenoxy) is 1. The molecule has 0 N–H and O–H groups in total. The summed E-state index contributed by atoms with van der Waals surface area (Å²) in [5.41, 5.74) is -0.0287. The lowest BCUT2D eigenvalue weighted by molar-refractivity contribution is -0.387. The molecule has 7 heteroatoms. The number of nitro groups is 1. The van der Waals surface area contributed by atoms with Crippen LogP contribution >= 0.6 is 11.6 Å². The molecule has 0 spiro atoms. The van der Waals surface area contributed by atoms with Crippen molar-refractivity contribution in [3.05, 3.63) is 21.1 Å². The summed E-state index contributed by atoms with van der Waals surface area (Å²) in [5, 5.41) is 10.7. The average molecular weight is 232 g/mol. The van der Waals surface area contributed by atoms with Crippen LogP contribution in [-0.4, -0.2) is 21.5 Å². The Balaban J connectivity index is 3.14. The van der Waals surface area contributed by atoms with Gasteiger partial charge in [-0.05, 0) is 24.9 Å². The maximum absolute atomic E-state index is 10.7. The second kappa shape index (κ2) is 4.88. The van der Waals surface area contributed by atoms with Crippen LogP contribution in [0.25, 0.3) is 0 Å². The zero-order valence-corrected chi connectivity index (χ0v) is 9.11. The summed E-state index contributed by atoms with van der Waals surface area (Å²) in [6, 6.07) is 0. The summed E-state index contributed by atoms with van der Waals surface area (Å²) in [5.74, 6) is -0.0700. The van der Waals surface area contributed by atoms with E-state index >= 15 is 0 Å². The molecule has 1 aromatic heterocycles. The Morgan fingerprint density at radius 1 is 1.53 bits per heavy atom. The molecule has 0 radical (unpaired) electrons. The van der Waals surface area contributed by atoms with Gasteiger partial charge in [0, 0.05) is 0 Å². The smallest absolute Gasteiger partial charge is 0.352 e. The summed E-state index contributed by atoms with van der Waals surface area (Å²) >= 11 is 5.58. The van der Waals surface area contributed by atoms with Crippen molar-refractivity contribution in [3.63, 3.8) is 0 Å². The largest absolute Gasteiger partial charge is 0.473 e. The van der Waals surface area contributed by atoms with E-state index in [1.165, 1.54) is 6.92 Å². The third-order valence-electron chi connectivity index (χ3n) is 1.62. The molecule has 1 rings (SSSR count). The lowest BCUT2D eigenvalue weighted by Crippen LogP contribution is -2.05. The van der Waals surface area contributed by atoms with E-state index in [1.807, 2.05) is 6.92 Å². The van der Waals surface area contributed by atoms with Crippen LogP contribution in [0.1, 0.15) is 19.0 Å². The molecule has 0 saturated heterocycles. The highest BCUT2D eigenvalue weighted by atomic mass is 35.5. The summed E-state index contributed by atoms with van der Waals surface area (Å²) < 4.78 is 5.13. The lowest BCUT2D eigenvalue weighted by Gasteiger charge is -2.05. The van der Waals surface area contributed by atoms with Crippen molar-refractivity contribution < 1.29 is 9.66 Å². The molecule has 0 amide bonds. The molecule has 0 saturated carbocycles. The molecular formula is C8H10ClN3O3. The molecule has 0 aliphatic rings. The van der Waals surface area contributed by atoms with Crippen molar-refractivity contribution in [1.29, 1.82) is 0 Å². The van der Waals surface area contributed by atoms with Crippen LogP contribution in [0.2, 0.25) is 5.28 Å². The van der Waals surface area contributed by atoms with Gasteiger partial charge in [-0.1, -0.05) is 6.92 Å². The van der Waals surface area contributed by atoms with Crippen LogP contribution in [0.5, 0.6) is 5.88 Å². The number of nitrogens with zero attached hydrogens (tertiary/aromatic N) is 3. The predicted octanol–water partition coefficient (Wildman–Crippen LogP) is 2.14. The average Bonchev–Trinajstić information content (AvgIpc) is 2.12. The van der Waals surface area contributed by atoms with Crippen LogP contribution < -0.4 is 4.74 Å². The van der Waals surface area contributed by atoms with Crippen molar-refractivity contribution in [1.82, 2.24) is 9.97 Å². The Hall–Kier alpha value is -1.43. The topological polar surface area (TPSA) is 78.2 Å². The molecule has 6 nitrogen and oxygen atoms in total. The van der Waals surface area contributed by atoms with Gasteiger partial charge in [0.05, 0.1) is 11.5 Å². The third kappa shape index (κ3) is 2.76. The van der Waals surface area contributed by atoms with E-state index in [-0.39, 0.29) is 22.5 Å². The monoisotopic (exact) mass is 231 g/mol. The van der Waals surface area contributed by atoms with Crippen LogP contribution in [-0.2, 0) is 0 Å². The van der Waals surface area contributed by atoms with E-state index in [0.717, 1.165) is 6.42 Å². The highest BCUT2D eigenvalue weighted by Crippen LogP contribution is 2.28. The van der Waals surface area contributed by atoms with Gasteiger partial charge in [-0.3, -0.25) is 10.1 Å². The standard InChI is InChI=1S/C8H10ClN3O3/c1-3-4-15-7-6(12(13)14)5(2)10-8(9)11-7/h3-4H2,1-2H3. The van der Waals surface area contributed by atoms with Gasteiger partial charge in [-0.15, -0.1) is 0 Å². The van der Waals surface area contributed by atoms with Crippen molar-refractivity contribution in [2.75, 3.05) is 6.61 Å². The normalized spacial score (nSPS) is 10.1. The Labute approximate surface area is 91.4 Å². The van der Waals surface area contributed by atoms with Crippen molar-refractivity contribution in [2.24, 2.45) is 0 Å². The fourth-order valence-corrected chi connectivity index (χ4v) is 1.22. The Morgan fingerprint density at radius 2 is 2.20 bits per heavy atom. The zero-order valence-electron chi connectivity index (χ0n) is 8.36. The van der Waals surface area contributed by atoms with Gasteiger partial charge in [0.15, 0.2) is 0 Å². The fourth-order valence-electron chi connectivity index (χ4n) is 1.02. The van der Waals surface area contributed by atoms with Gasteiger partial charge in [0.25, 0.3) is 5.88 Å². The molecular weight excluding hydrogens is 222 g/mol. The number of rotatable bonds is 4. The van der Waals surface area contributed by atoms with E-state index in [4.69, 9.17) is 16.3 Å². The van der Waals surface area contributed by atoms with E-state index in [2.05, 4.69) is 9.97 Å². The van der Waals surface area contributed by atoms with Crippen LogP contribution in [0, 0.1) is 17.0 Å². The van der Waals surface area contributed by atoms with Crippen LogP contribution in [0.3, 0.4) is 0 Å². The number of aromatic nitrogens is 2. The quantitative estimate of drug-likeness (QED) is 0.451. The number of hydrogen-bond acceptors (Lipinski definition) is 5. The van der Waals surface area contributed by atoms with Crippen molar-refractivity contribution in [3.8, 4) is 5.88 Å². The van der Waals surface area contributed by atoms with E-state index in [0.29, 0.717) is 6.61 Å². The first kappa shape index (κ1) is 11.6. The summed E-state index contributed by atoms with van der Waals surface area (Å²) in [4.78, 5) is 17.5. The molecule has 15 heavy (non-hydrogen) atoms. The summed E-state index contributed by atoms with van der Waals surface area (Å²) in [6.07, 6.45) is 0.734. The van der Waals surface area contributed by atoms with Gasteiger partial charge in [0.1, 0.15) is 5.69 Å². The molecule has 0 aliphatic heterocycles. The fraction of sp³-hybridized carbons (Fsp3) is 0.500.